The van der Waals surface area contributed by atoms with Crippen molar-refractivity contribution in [3.05, 3.63) is 52.4 Å². The fourth-order valence-electron chi connectivity index (χ4n) is 2.10. The molecule has 0 aliphatic rings. The molecule has 3 N–H and O–H groups in total. The summed E-state index contributed by atoms with van der Waals surface area (Å²) in [6.45, 7) is 1.82. The molecule has 2 aromatic heterocycles. The number of aromatic nitrogens is 2. The van der Waals surface area contributed by atoms with E-state index in [1.165, 1.54) is 0 Å². The lowest BCUT2D eigenvalue weighted by molar-refractivity contribution is 0.262. The minimum absolute atomic E-state index is 0.244. The van der Waals surface area contributed by atoms with Crippen molar-refractivity contribution in [1.29, 1.82) is 0 Å². The molecule has 0 spiro atoms. The molecule has 1 aromatic carbocycles. The van der Waals surface area contributed by atoms with Crippen molar-refractivity contribution in [2.75, 3.05) is 10.6 Å². The first-order chi connectivity index (χ1) is 10.5. The molecule has 7 heteroatoms. The number of nitrogens with zero attached hydrogens (tertiary/aromatic N) is 1. The van der Waals surface area contributed by atoms with Crippen LogP contribution >= 0.6 is 23.2 Å². The van der Waals surface area contributed by atoms with Gasteiger partial charge in [0.05, 0.1) is 10.7 Å². The number of urea groups is 1. The summed E-state index contributed by atoms with van der Waals surface area (Å²) < 4.78 is 0. The maximum atomic E-state index is 12.0. The van der Waals surface area contributed by atoms with Gasteiger partial charge in [-0.25, -0.2) is 9.78 Å². The Morgan fingerprint density at radius 2 is 2.00 bits per heavy atom. The number of hydrogen-bond donors (Lipinski definition) is 3. The number of H-pyrrole nitrogens is 1. The smallest absolute Gasteiger partial charge is 0.323 e. The van der Waals surface area contributed by atoms with Crippen molar-refractivity contribution in [2.24, 2.45) is 0 Å². The highest BCUT2D eigenvalue weighted by molar-refractivity contribution is 6.36. The van der Waals surface area contributed by atoms with Gasteiger partial charge in [-0.3, -0.25) is 0 Å². The third kappa shape index (κ3) is 3.00. The zero-order valence-electron chi connectivity index (χ0n) is 11.6. The van der Waals surface area contributed by atoms with Crippen LogP contribution in [0.5, 0.6) is 0 Å². The normalized spacial score (nSPS) is 10.7. The van der Waals surface area contributed by atoms with E-state index in [9.17, 15) is 4.79 Å². The van der Waals surface area contributed by atoms with Gasteiger partial charge in [0.2, 0.25) is 0 Å². The molecular weight excluding hydrogens is 323 g/mol. The molecular formula is C15H12Cl2N4O. The molecule has 0 aliphatic carbocycles. The lowest BCUT2D eigenvalue weighted by Gasteiger charge is -2.09. The Hall–Kier alpha value is -2.24. The lowest BCUT2D eigenvalue weighted by Crippen LogP contribution is -2.19. The van der Waals surface area contributed by atoms with Gasteiger partial charge in [0.25, 0.3) is 0 Å². The van der Waals surface area contributed by atoms with E-state index in [-0.39, 0.29) is 5.15 Å². The summed E-state index contributed by atoms with van der Waals surface area (Å²) in [6.07, 6.45) is 1.79. The van der Waals surface area contributed by atoms with E-state index in [0.29, 0.717) is 16.4 Å². The predicted molar refractivity (Wildman–Crippen MR) is 89.9 cm³/mol. The van der Waals surface area contributed by atoms with E-state index in [2.05, 4.69) is 20.6 Å². The Kier molecular flexibility index (Phi) is 3.92. The molecule has 3 aromatic rings. The fourth-order valence-corrected chi connectivity index (χ4v) is 2.62. The van der Waals surface area contributed by atoms with Gasteiger partial charge >= 0.3 is 6.03 Å². The second kappa shape index (κ2) is 5.87. The lowest BCUT2D eigenvalue weighted by atomic mass is 10.2. The van der Waals surface area contributed by atoms with Crippen LogP contribution in [0.25, 0.3) is 10.9 Å². The molecule has 0 saturated carbocycles. The van der Waals surface area contributed by atoms with Gasteiger partial charge < -0.3 is 15.6 Å². The molecule has 22 heavy (non-hydrogen) atoms. The Morgan fingerprint density at radius 3 is 2.77 bits per heavy atom. The van der Waals surface area contributed by atoms with Crippen LogP contribution in [0.15, 0.2) is 36.5 Å². The number of pyridine rings is 1. The van der Waals surface area contributed by atoms with Gasteiger partial charge in [-0.15, -0.1) is 0 Å². The molecule has 0 aliphatic heterocycles. The SMILES string of the molecule is Cc1ccc(NC(=O)Nc2cc(Cl)c3cc[nH]c3c2)c(Cl)n1. The quantitative estimate of drug-likeness (QED) is 0.588. The van der Waals surface area contributed by atoms with E-state index >= 15 is 0 Å². The first-order valence-electron chi connectivity index (χ1n) is 6.51. The molecule has 0 bridgehead atoms. The molecule has 0 fully saturated rings. The highest BCUT2D eigenvalue weighted by Gasteiger charge is 2.09. The molecule has 5 nitrogen and oxygen atoms in total. The van der Waals surface area contributed by atoms with E-state index in [1.54, 1.807) is 30.5 Å². The maximum absolute atomic E-state index is 12.0. The van der Waals surface area contributed by atoms with Crippen molar-refractivity contribution in [2.45, 2.75) is 6.92 Å². The van der Waals surface area contributed by atoms with Crippen LogP contribution in [0, 0.1) is 6.92 Å². The number of hydrogen-bond acceptors (Lipinski definition) is 2. The number of halogens is 2. The Morgan fingerprint density at radius 1 is 1.18 bits per heavy atom. The molecule has 0 atom stereocenters. The number of fused-ring (bicyclic) bond motifs is 1. The standard InChI is InChI=1S/C15H12Cl2N4O/c1-8-2-3-12(14(17)19-8)21-15(22)20-9-6-11(16)10-4-5-18-13(10)7-9/h2-7,18H,1H3,(H2,20,21,22). The molecule has 2 heterocycles. The van der Waals surface area contributed by atoms with Crippen LogP contribution in [-0.2, 0) is 0 Å². The number of carbonyl (C=O) groups excluding carboxylic acids is 1. The largest absolute Gasteiger partial charge is 0.361 e. The van der Waals surface area contributed by atoms with E-state index in [4.69, 9.17) is 23.2 Å². The summed E-state index contributed by atoms with van der Waals surface area (Å²) in [6, 6.07) is 8.41. The van der Waals surface area contributed by atoms with Crippen LogP contribution in [-0.4, -0.2) is 16.0 Å². The van der Waals surface area contributed by atoms with Gasteiger partial charge in [-0.1, -0.05) is 23.2 Å². The van der Waals surface area contributed by atoms with Crippen LogP contribution < -0.4 is 10.6 Å². The van der Waals surface area contributed by atoms with Crippen molar-refractivity contribution in [3.63, 3.8) is 0 Å². The summed E-state index contributed by atoms with van der Waals surface area (Å²) in [5, 5.41) is 7.07. The Labute approximate surface area is 136 Å². The number of rotatable bonds is 2. The summed E-state index contributed by atoms with van der Waals surface area (Å²) in [4.78, 5) is 19.2. The van der Waals surface area contributed by atoms with Gasteiger partial charge in [0.1, 0.15) is 0 Å². The van der Waals surface area contributed by atoms with Crippen LogP contribution in [0.4, 0.5) is 16.2 Å². The van der Waals surface area contributed by atoms with Gasteiger partial charge in [0, 0.05) is 28.5 Å². The second-order valence-corrected chi connectivity index (χ2v) is 5.53. The summed E-state index contributed by atoms with van der Waals surface area (Å²) in [5.41, 5.74) is 2.64. The van der Waals surface area contributed by atoms with Crippen molar-refractivity contribution < 1.29 is 4.79 Å². The number of aryl methyl sites for hydroxylation is 1. The number of nitrogens with one attached hydrogen (secondary N) is 3. The van der Waals surface area contributed by atoms with Crippen molar-refractivity contribution >= 4 is 51.5 Å². The first-order valence-corrected chi connectivity index (χ1v) is 7.26. The topological polar surface area (TPSA) is 69.8 Å². The third-order valence-electron chi connectivity index (χ3n) is 3.11. The van der Waals surface area contributed by atoms with Crippen molar-refractivity contribution in [3.8, 4) is 0 Å². The summed E-state index contributed by atoms with van der Waals surface area (Å²) in [7, 11) is 0. The van der Waals surface area contributed by atoms with E-state index in [1.807, 2.05) is 13.0 Å². The van der Waals surface area contributed by atoms with Gasteiger partial charge in [-0.05, 0) is 37.3 Å². The minimum atomic E-state index is -0.422. The maximum Gasteiger partial charge on any atom is 0.323 e. The van der Waals surface area contributed by atoms with Crippen LogP contribution in [0.2, 0.25) is 10.2 Å². The average molecular weight is 335 g/mol. The number of anilines is 2. The molecule has 112 valence electrons. The molecule has 2 amide bonds. The minimum Gasteiger partial charge on any atom is -0.361 e. The highest BCUT2D eigenvalue weighted by atomic mass is 35.5. The van der Waals surface area contributed by atoms with E-state index in [0.717, 1.165) is 16.6 Å². The average Bonchev–Trinajstić information content (AvgIpc) is 2.91. The number of carbonyl (C=O) groups is 1. The van der Waals surface area contributed by atoms with Crippen LogP contribution in [0.3, 0.4) is 0 Å². The predicted octanol–water partition coefficient (Wildman–Crippen LogP) is 4.82. The fraction of sp³-hybridized carbons (Fsp3) is 0.0667. The summed E-state index contributed by atoms with van der Waals surface area (Å²) in [5.74, 6) is 0. The number of aromatic amines is 1. The molecule has 0 saturated heterocycles. The summed E-state index contributed by atoms with van der Waals surface area (Å²) >= 11 is 12.2. The zero-order chi connectivity index (χ0) is 15.7. The van der Waals surface area contributed by atoms with Crippen LogP contribution in [0.1, 0.15) is 5.69 Å². The highest BCUT2D eigenvalue weighted by Crippen LogP contribution is 2.27. The molecule has 0 radical (unpaired) electrons. The van der Waals surface area contributed by atoms with Gasteiger partial charge in [-0.2, -0.15) is 0 Å². The zero-order valence-corrected chi connectivity index (χ0v) is 13.1. The third-order valence-corrected chi connectivity index (χ3v) is 3.71. The Balaban J connectivity index is 1.78. The van der Waals surface area contributed by atoms with Crippen molar-refractivity contribution in [1.82, 2.24) is 9.97 Å². The van der Waals surface area contributed by atoms with E-state index < -0.39 is 6.03 Å². The monoisotopic (exact) mass is 334 g/mol. The number of benzene rings is 1. The second-order valence-electron chi connectivity index (χ2n) is 4.77. The molecule has 0 unspecified atom stereocenters. The molecule has 3 rings (SSSR count). The van der Waals surface area contributed by atoms with Gasteiger partial charge in [0.15, 0.2) is 5.15 Å². The first kappa shape index (κ1) is 14.7. The number of amides is 2. The Bertz CT molecular complexity index is 860.